The number of hydrogen-bond acceptors (Lipinski definition) is 4. The molecule has 0 amide bonds. The molecule has 0 aliphatic carbocycles. The zero-order chi connectivity index (χ0) is 19.4. The zero-order valence-corrected chi connectivity index (χ0v) is 17.5. The van der Waals surface area contributed by atoms with Gasteiger partial charge in [0.2, 0.25) is 0 Å². The van der Waals surface area contributed by atoms with Crippen LogP contribution in [-0.4, -0.2) is 61.7 Å². The van der Waals surface area contributed by atoms with E-state index in [-0.39, 0.29) is 5.97 Å². The van der Waals surface area contributed by atoms with Gasteiger partial charge in [0.05, 0.1) is 6.61 Å². The predicted molar refractivity (Wildman–Crippen MR) is 108 cm³/mol. The number of carbonyl (C=O) groups excluding carboxylic acids is 1. The van der Waals surface area contributed by atoms with Crippen LogP contribution in [0.25, 0.3) is 0 Å². The highest BCUT2D eigenvalue weighted by atomic mass is 16.5. The van der Waals surface area contributed by atoms with Crippen LogP contribution in [0.5, 0.6) is 0 Å². The number of nitrogens with one attached hydrogen (secondary N) is 2. The van der Waals surface area contributed by atoms with E-state index < -0.39 is 0 Å². The van der Waals surface area contributed by atoms with Crippen molar-refractivity contribution in [3.8, 4) is 0 Å². The largest absolute Gasteiger partial charge is 0.466 e. The van der Waals surface area contributed by atoms with Crippen LogP contribution in [0.1, 0.15) is 66.7 Å². The predicted octanol–water partition coefficient (Wildman–Crippen LogP) is 2.78. The number of esters is 1. The van der Waals surface area contributed by atoms with Gasteiger partial charge in [0.1, 0.15) is 0 Å². The van der Waals surface area contributed by atoms with Crippen LogP contribution in [0.3, 0.4) is 0 Å². The maximum absolute atomic E-state index is 11.3. The van der Waals surface area contributed by atoms with Crippen molar-refractivity contribution < 1.29 is 9.53 Å². The van der Waals surface area contributed by atoms with Crippen LogP contribution in [0.4, 0.5) is 0 Å². The summed E-state index contributed by atoms with van der Waals surface area (Å²) >= 11 is 0. The van der Waals surface area contributed by atoms with Crippen LogP contribution in [0.2, 0.25) is 0 Å². The van der Waals surface area contributed by atoms with Crippen molar-refractivity contribution in [2.75, 3.05) is 32.8 Å². The summed E-state index contributed by atoms with van der Waals surface area (Å²) in [6, 6.07) is 1.05. The van der Waals surface area contributed by atoms with Gasteiger partial charge in [-0.15, -0.1) is 0 Å². The molecule has 1 saturated heterocycles. The molecule has 6 nitrogen and oxygen atoms in total. The Hall–Kier alpha value is -1.30. The van der Waals surface area contributed by atoms with Crippen molar-refractivity contribution in [2.24, 2.45) is 10.9 Å². The van der Waals surface area contributed by atoms with Crippen LogP contribution < -0.4 is 10.6 Å². The van der Waals surface area contributed by atoms with E-state index in [1.54, 1.807) is 0 Å². The number of aliphatic imine (C=N–C) groups is 1. The second kappa shape index (κ2) is 13.0. The van der Waals surface area contributed by atoms with Crippen molar-refractivity contribution in [1.82, 2.24) is 15.5 Å². The van der Waals surface area contributed by atoms with Gasteiger partial charge in [0.25, 0.3) is 0 Å². The Bertz CT molecular complexity index is 426. The van der Waals surface area contributed by atoms with Crippen molar-refractivity contribution in [3.05, 3.63) is 0 Å². The summed E-state index contributed by atoms with van der Waals surface area (Å²) in [6.45, 7) is 15.2. The molecule has 1 fully saturated rings. The number of carbonyl (C=O) groups is 1. The molecule has 0 bridgehead atoms. The highest BCUT2D eigenvalue weighted by molar-refractivity contribution is 5.80. The first-order valence-corrected chi connectivity index (χ1v) is 10.4. The number of rotatable bonds is 11. The third-order valence-corrected chi connectivity index (χ3v) is 4.90. The van der Waals surface area contributed by atoms with Crippen LogP contribution >= 0.6 is 0 Å². The molecule has 1 aliphatic heterocycles. The molecule has 0 aromatic heterocycles. The first-order valence-electron chi connectivity index (χ1n) is 10.4. The Morgan fingerprint density at radius 3 is 2.54 bits per heavy atom. The van der Waals surface area contributed by atoms with Gasteiger partial charge in [-0.05, 0) is 46.5 Å². The van der Waals surface area contributed by atoms with E-state index in [1.165, 1.54) is 0 Å². The molecule has 0 radical (unpaired) electrons. The summed E-state index contributed by atoms with van der Waals surface area (Å²) in [6.07, 6.45) is 4.65. The average molecular weight is 369 g/mol. The van der Waals surface area contributed by atoms with Crippen molar-refractivity contribution in [3.63, 3.8) is 0 Å². The minimum absolute atomic E-state index is 0.0784. The van der Waals surface area contributed by atoms with E-state index in [2.05, 4.69) is 43.2 Å². The lowest BCUT2D eigenvalue weighted by molar-refractivity contribution is -0.143. The van der Waals surface area contributed by atoms with E-state index in [0.29, 0.717) is 31.0 Å². The Kier molecular flexibility index (Phi) is 11.3. The van der Waals surface area contributed by atoms with Gasteiger partial charge in [0.15, 0.2) is 5.96 Å². The van der Waals surface area contributed by atoms with E-state index >= 15 is 0 Å². The fourth-order valence-corrected chi connectivity index (χ4v) is 3.27. The lowest BCUT2D eigenvalue weighted by atomic mass is 10.1. The van der Waals surface area contributed by atoms with Gasteiger partial charge in [-0.3, -0.25) is 14.7 Å². The lowest BCUT2D eigenvalue weighted by Gasteiger charge is -2.21. The lowest BCUT2D eigenvalue weighted by Crippen LogP contribution is -2.46. The Balaban J connectivity index is 2.28. The van der Waals surface area contributed by atoms with Gasteiger partial charge >= 0.3 is 5.97 Å². The number of ether oxygens (including phenoxy) is 1. The number of guanidine groups is 1. The monoisotopic (exact) mass is 368 g/mol. The standard InChI is InChI=1S/C20H40N4O2/c1-6-21-20(23-18-15-24(16(3)4)14-17(18)5)22-13-11-9-8-10-12-19(25)26-7-2/h16-18H,6-15H2,1-5H3,(H2,21,22,23). The molecule has 1 heterocycles. The Labute approximate surface area is 160 Å². The first kappa shape index (κ1) is 22.7. The maximum atomic E-state index is 11.3. The molecule has 0 spiro atoms. The van der Waals surface area contributed by atoms with Gasteiger partial charge in [-0.25, -0.2) is 0 Å². The molecular weight excluding hydrogens is 328 g/mol. The van der Waals surface area contributed by atoms with Crippen molar-refractivity contribution in [2.45, 2.75) is 78.8 Å². The SMILES string of the molecule is CCNC(=NCCCCCCC(=O)OCC)NC1CN(C(C)C)CC1C. The molecule has 2 atom stereocenters. The van der Waals surface area contributed by atoms with E-state index in [0.717, 1.165) is 57.8 Å². The maximum Gasteiger partial charge on any atom is 0.305 e. The van der Waals surface area contributed by atoms with Gasteiger partial charge in [-0.2, -0.15) is 0 Å². The van der Waals surface area contributed by atoms with E-state index in [4.69, 9.17) is 9.73 Å². The minimum atomic E-state index is -0.0784. The van der Waals surface area contributed by atoms with Crippen molar-refractivity contribution in [1.29, 1.82) is 0 Å². The normalized spacial score (nSPS) is 21.2. The summed E-state index contributed by atoms with van der Waals surface area (Å²) < 4.78 is 4.94. The first-order chi connectivity index (χ1) is 12.5. The molecule has 2 N–H and O–H groups in total. The summed E-state index contributed by atoms with van der Waals surface area (Å²) in [5.74, 6) is 1.48. The highest BCUT2D eigenvalue weighted by Crippen LogP contribution is 2.18. The van der Waals surface area contributed by atoms with E-state index in [9.17, 15) is 4.79 Å². The fourth-order valence-electron chi connectivity index (χ4n) is 3.27. The second-order valence-electron chi connectivity index (χ2n) is 7.51. The molecule has 2 unspecified atom stereocenters. The molecule has 6 heteroatoms. The number of likely N-dealkylation sites (tertiary alicyclic amines) is 1. The average Bonchev–Trinajstić information content (AvgIpc) is 2.95. The number of hydrogen-bond donors (Lipinski definition) is 2. The summed E-state index contributed by atoms with van der Waals surface area (Å²) in [5.41, 5.74) is 0. The third-order valence-electron chi connectivity index (χ3n) is 4.90. The molecular formula is C20H40N4O2. The fraction of sp³-hybridized carbons (Fsp3) is 0.900. The van der Waals surface area contributed by atoms with Gasteiger partial charge < -0.3 is 15.4 Å². The van der Waals surface area contributed by atoms with E-state index in [1.807, 2.05) is 6.92 Å². The number of nitrogens with zero attached hydrogens (tertiary/aromatic N) is 2. The molecule has 26 heavy (non-hydrogen) atoms. The summed E-state index contributed by atoms with van der Waals surface area (Å²) in [4.78, 5) is 18.5. The highest BCUT2D eigenvalue weighted by Gasteiger charge is 2.31. The van der Waals surface area contributed by atoms with Crippen LogP contribution in [0.15, 0.2) is 4.99 Å². The molecule has 0 aromatic rings. The number of unbranched alkanes of at least 4 members (excludes halogenated alkanes) is 3. The van der Waals surface area contributed by atoms with Gasteiger partial charge in [-0.1, -0.05) is 19.8 Å². The van der Waals surface area contributed by atoms with Crippen molar-refractivity contribution >= 4 is 11.9 Å². The molecule has 0 aromatic carbocycles. The van der Waals surface area contributed by atoms with Gasteiger partial charge in [0, 0.05) is 44.7 Å². The minimum Gasteiger partial charge on any atom is -0.466 e. The van der Waals surface area contributed by atoms with Crippen LogP contribution in [0, 0.1) is 5.92 Å². The molecule has 1 aliphatic rings. The second-order valence-corrected chi connectivity index (χ2v) is 7.51. The third kappa shape index (κ3) is 8.88. The molecule has 152 valence electrons. The Morgan fingerprint density at radius 2 is 1.92 bits per heavy atom. The zero-order valence-electron chi connectivity index (χ0n) is 17.5. The molecule has 0 saturated carbocycles. The topological polar surface area (TPSA) is 66.0 Å². The quantitative estimate of drug-likeness (QED) is 0.254. The molecule has 1 rings (SSSR count). The van der Waals surface area contributed by atoms with Crippen LogP contribution in [-0.2, 0) is 9.53 Å². The summed E-state index contributed by atoms with van der Waals surface area (Å²) in [7, 11) is 0. The summed E-state index contributed by atoms with van der Waals surface area (Å²) in [5, 5.41) is 6.98. The smallest absolute Gasteiger partial charge is 0.305 e. The Morgan fingerprint density at radius 1 is 1.19 bits per heavy atom.